The highest BCUT2D eigenvalue weighted by molar-refractivity contribution is 5.92. The average Bonchev–Trinajstić information content (AvgIpc) is 2.43. The standard InChI is InChI=1S/C16H19N3O/c1-12-3-5-15(6-4-12)19-16(20)11-18-10-14-7-8-17-9-13(14)2/h3-9,18H,10-11H2,1-2H3,(H,19,20). The molecule has 104 valence electrons. The average molecular weight is 269 g/mol. The molecule has 2 N–H and O–H groups in total. The lowest BCUT2D eigenvalue weighted by atomic mass is 10.1. The number of carbonyl (C=O) groups is 1. The summed E-state index contributed by atoms with van der Waals surface area (Å²) >= 11 is 0. The minimum absolute atomic E-state index is 0.0411. The van der Waals surface area contributed by atoms with Gasteiger partial charge in [-0.2, -0.15) is 0 Å². The SMILES string of the molecule is Cc1ccc(NC(=O)CNCc2ccncc2C)cc1. The van der Waals surface area contributed by atoms with Crippen LogP contribution in [0.1, 0.15) is 16.7 Å². The number of benzene rings is 1. The lowest BCUT2D eigenvalue weighted by molar-refractivity contribution is -0.115. The molecule has 0 fully saturated rings. The van der Waals surface area contributed by atoms with Gasteiger partial charge in [-0.05, 0) is 43.2 Å². The van der Waals surface area contributed by atoms with E-state index in [0.29, 0.717) is 6.54 Å². The van der Waals surface area contributed by atoms with Crippen molar-refractivity contribution in [2.75, 3.05) is 11.9 Å². The Hall–Kier alpha value is -2.20. The number of rotatable bonds is 5. The first-order valence-electron chi connectivity index (χ1n) is 6.62. The number of aryl methyl sites for hydroxylation is 2. The molecule has 1 aromatic heterocycles. The molecule has 4 nitrogen and oxygen atoms in total. The van der Waals surface area contributed by atoms with Crippen LogP contribution in [0.3, 0.4) is 0 Å². The van der Waals surface area contributed by atoms with Crippen molar-refractivity contribution in [3.05, 3.63) is 59.4 Å². The van der Waals surface area contributed by atoms with E-state index in [-0.39, 0.29) is 12.5 Å². The van der Waals surface area contributed by atoms with Crippen molar-refractivity contribution in [3.63, 3.8) is 0 Å². The van der Waals surface area contributed by atoms with Gasteiger partial charge in [0.25, 0.3) is 0 Å². The van der Waals surface area contributed by atoms with E-state index in [1.54, 1.807) is 6.20 Å². The molecule has 2 aromatic rings. The van der Waals surface area contributed by atoms with Crippen LogP contribution in [0.15, 0.2) is 42.7 Å². The molecule has 1 amide bonds. The first-order valence-corrected chi connectivity index (χ1v) is 6.62. The molecule has 0 radical (unpaired) electrons. The number of aromatic nitrogens is 1. The van der Waals surface area contributed by atoms with Crippen LogP contribution in [0.2, 0.25) is 0 Å². The number of amides is 1. The number of nitrogens with one attached hydrogen (secondary N) is 2. The van der Waals surface area contributed by atoms with Crippen molar-refractivity contribution < 1.29 is 4.79 Å². The van der Waals surface area contributed by atoms with Crippen LogP contribution in [-0.2, 0) is 11.3 Å². The van der Waals surface area contributed by atoms with Gasteiger partial charge in [0.1, 0.15) is 0 Å². The van der Waals surface area contributed by atoms with Gasteiger partial charge in [0.2, 0.25) is 5.91 Å². The van der Waals surface area contributed by atoms with Crippen molar-refractivity contribution in [3.8, 4) is 0 Å². The van der Waals surface area contributed by atoms with Crippen LogP contribution in [0, 0.1) is 13.8 Å². The molecule has 0 unspecified atom stereocenters. The summed E-state index contributed by atoms with van der Waals surface area (Å²) in [5.74, 6) is -0.0411. The van der Waals surface area contributed by atoms with E-state index < -0.39 is 0 Å². The molecule has 0 bridgehead atoms. The molecule has 2 rings (SSSR count). The third-order valence-corrected chi connectivity index (χ3v) is 3.07. The smallest absolute Gasteiger partial charge is 0.238 e. The summed E-state index contributed by atoms with van der Waals surface area (Å²) in [5, 5.41) is 5.99. The van der Waals surface area contributed by atoms with Crippen LogP contribution < -0.4 is 10.6 Å². The Bertz CT molecular complexity index is 579. The van der Waals surface area contributed by atoms with Crippen LogP contribution in [0.25, 0.3) is 0 Å². The second kappa shape index (κ2) is 6.82. The van der Waals surface area contributed by atoms with E-state index in [0.717, 1.165) is 16.8 Å². The Kier molecular flexibility index (Phi) is 4.85. The van der Waals surface area contributed by atoms with Gasteiger partial charge in [-0.3, -0.25) is 9.78 Å². The van der Waals surface area contributed by atoms with Crippen LogP contribution in [0.5, 0.6) is 0 Å². The monoisotopic (exact) mass is 269 g/mol. The number of anilines is 1. The fourth-order valence-electron chi connectivity index (χ4n) is 1.85. The summed E-state index contributed by atoms with van der Waals surface area (Å²) in [6.07, 6.45) is 3.58. The molecule has 0 aliphatic heterocycles. The molecule has 1 aromatic carbocycles. The summed E-state index contributed by atoms with van der Waals surface area (Å²) in [6, 6.07) is 9.72. The molecule has 0 aliphatic carbocycles. The first kappa shape index (κ1) is 14.2. The molecule has 0 saturated carbocycles. The van der Waals surface area contributed by atoms with Crippen LogP contribution in [-0.4, -0.2) is 17.4 Å². The van der Waals surface area contributed by atoms with E-state index in [1.165, 1.54) is 5.56 Å². The quantitative estimate of drug-likeness (QED) is 0.876. The highest BCUT2D eigenvalue weighted by atomic mass is 16.1. The molecule has 0 spiro atoms. The summed E-state index contributed by atoms with van der Waals surface area (Å²) in [5.41, 5.74) is 4.28. The van der Waals surface area contributed by atoms with Crippen LogP contribution in [0.4, 0.5) is 5.69 Å². The Balaban J connectivity index is 1.78. The van der Waals surface area contributed by atoms with E-state index in [2.05, 4.69) is 15.6 Å². The zero-order valence-electron chi connectivity index (χ0n) is 11.8. The van der Waals surface area contributed by atoms with Crippen molar-refractivity contribution in [1.82, 2.24) is 10.3 Å². The largest absolute Gasteiger partial charge is 0.325 e. The fraction of sp³-hybridized carbons (Fsp3) is 0.250. The van der Waals surface area contributed by atoms with Crippen molar-refractivity contribution >= 4 is 11.6 Å². The Morgan fingerprint density at radius 3 is 2.60 bits per heavy atom. The molecule has 0 saturated heterocycles. The zero-order chi connectivity index (χ0) is 14.4. The Morgan fingerprint density at radius 2 is 1.90 bits per heavy atom. The Morgan fingerprint density at radius 1 is 1.15 bits per heavy atom. The lowest BCUT2D eigenvalue weighted by Crippen LogP contribution is -2.27. The van der Waals surface area contributed by atoms with Crippen molar-refractivity contribution in [2.45, 2.75) is 20.4 Å². The number of pyridine rings is 1. The van der Waals surface area contributed by atoms with Gasteiger partial charge in [0.05, 0.1) is 6.54 Å². The molecule has 0 atom stereocenters. The van der Waals surface area contributed by atoms with E-state index in [1.807, 2.05) is 50.4 Å². The summed E-state index contributed by atoms with van der Waals surface area (Å²) in [4.78, 5) is 15.8. The van der Waals surface area contributed by atoms with E-state index in [4.69, 9.17) is 0 Å². The van der Waals surface area contributed by atoms with Gasteiger partial charge in [-0.1, -0.05) is 17.7 Å². The predicted molar refractivity (Wildman–Crippen MR) is 80.5 cm³/mol. The first-order chi connectivity index (χ1) is 9.65. The molecular formula is C16H19N3O. The summed E-state index contributed by atoms with van der Waals surface area (Å²) in [6.45, 7) is 4.98. The molecule has 4 heteroatoms. The number of hydrogen-bond donors (Lipinski definition) is 2. The van der Waals surface area contributed by atoms with Gasteiger partial charge in [0.15, 0.2) is 0 Å². The molecule has 1 heterocycles. The van der Waals surface area contributed by atoms with Crippen LogP contribution >= 0.6 is 0 Å². The van der Waals surface area contributed by atoms with Gasteiger partial charge in [-0.15, -0.1) is 0 Å². The number of carbonyl (C=O) groups excluding carboxylic acids is 1. The van der Waals surface area contributed by atoms with Gasteiger partial charge in [-0.25, -0.2) is 0 Å². The predicted octanol–water partition coefficient (Wildman–Crippen LogP) is 2.43. The van der Waals surface area contributed by atoms with Crippen molar-refractivity contribution in [2.24, 2.45) is 0 Å². The number of hydrogen-bond acceptors (Lipinski definition) is 3. The number of nitrogens with zero attached hydrogens (tertiary/aromatic N) is 1. The minimum atomic E-state index is -0.0411. The van der Waals surface area contributed by atoms with Gasteiger partial charge < -0.3 is 10.6 Å². The molecule has 20 heavy (non-hydrogen) atoms. The Labute approximate surface area is 119 Å². The minimum Gasteiger partial charge on any atom is -0.325 e. The highest BCUT2D eigenvalue weighted by Gasteiger charge is 2.03. The summed E-state index contributed by atoms with van der Waals surface area (Å²) in [7, 11) is 0. The summed E-state index contributed by atoms with van der Waals surface area (Å²) < 4.78 is 0. The maximum absolute atomic E-state index is 11.8. The van der Waals surface area contributed by atoms with E-state index >= 15 is 0 Å². The second-order valence-corrected chi connectivity index (χ2v) is 4.82. The third kappa shape index (κ3) is 4.17. The maximum Gasteiger partial charge on any atom is 0.238 e. The lowest BCUT2D eigenvalue weighted by Gasteiger charge is -2.08. The normalized spacial score (nSPS) is 10.3. The topological polar surface area (TPSA) is 54.0 Å². The van der Waals surface area contributed by atoms with Gasteiger partial charge in [0, 0.05) is 24.6 Å². The van der Waals surface area contributed by atoms with Crippen molar-refractivity contribution in [1.29, 1.82) is 0 Å². The highest BCUT2D eigenvalue weighted by Crippen LogP contribution is 2.08. The third-order valence-electron chi connectivity index (χ3n) is 3.07. The maximum atomic E-state index is 11.8. The van der Waals surface area contributed by atoms with Gasteiger partial charge >= 0.3 is 0 Å². The second-order valence-electron chi connectivity index (χ2n) is 4.82. The zero-order valence-corrected chi connectivity index (χ0v) is 11.8. The fourth-order valence-corrected chi connectivity index (χ4v) is 1.85. The molecular weight excluding hydrogens is 250 g/mol. The molecule has 0 aliphatic rings. The van der Waals surface area contributed by atoms with E-state index in [9.17, 15) is 4.79 Å².